The van der Waals surface area contributed by atoms with Crippen molar-refractivity contribution in [1.29, 1.82) is 0 Å². The largest absolute Gasteiger partial charge is 0.352 e. The molecule has 5 rings (SSSR count). The van der Waals surface area contributed by atoms with Gasteiger partial charge in [0, 0.05) is 23.3 Å². The van der Waals surface area contributed by atoms with Gasteiger partial charge in [0.15, 0.2) is 0 Å². The van der Waals surface area contributed by atoms with Gasteiger partial charge in [-0.2, -0.15) is 10.2 Å². The molecule has 0 atom stereocenters. The van der Waals surface area contributed by atoms with E-state index in [1.54, 1.807) is 18.6 Å². The average Bonchev–Trinajstić information content (AvgIpc) is 3.32. The van der Waals surface area contributed by atoms with Gasteiger partial charge in [-0.3, -0.25) is 15.2 Å². The molecule has 3 N–H and O–H groups in total. The first-order chi connectivity index (χ1) is 11.4. The van der Waals surface area contributed by atoms with E-state index >= 15 is 0 Å². The Morgan fingerprint density at radius 3 is 2.87 bits per heavy atom. The topological polar surface area (TPSA) is 98.9 Å². The summed E-state index contributed by atoms with van der Waals surface area (Å²) >= 11 is 0. The van der Waals surface area contributed by atoms with Gasteiger partial charge in [-0.25, -0.2) is 4.98 Å². The predicted octanol–water partition coefficient (Wildman–Crippen LogP) is 2.89. The van der Waals surface area contributed by atoms with Crippen LogP contribution >= 0.6 is 0 Å². The number of aromatic amines is 3. The third-order valence-corrected chi connectivity index (χ3v) is 3.88. The van der Waals surface area contributed by atoms with Gasteiger partial charge in [0.05, 0.1) is 34.8 Å². The molecule has 0 spiro atoms. The van der Waals surface area contributed by atoms with Crippen molar-refractivity contribution in [3.8, 4) is 22.6 Å². The maximum Gasteiger partial charge on any atom is 0.135 e. The Kier molecular flexibility index (Phi) is 2.37. The van der Waals surface area contributed by atoms with E-state index in [0.717, 1.165) is 44.6 Å². The third kappa shape index (κ3) is 1.83. The molecule has 0 bridgehead atoms. The van der Waals surface area contributed by atoms with Crippen molar-refractivity contribution in [2.24, 2.45) is 0 Å². The van der Waals surface area contributed by atoms with Crippen LogP contribution in [-0.4, -0.2) is 35.3 Å². The minimum Gasteiger partial charge on any atom is -0.352 e. The SMILES string of the molecule is c1cc2cc(-c3n[nH]c4ccc(-c5cn[nH]c5)nc34)[nH]c2cn1. The van der Waals surface area contributed by atoms with Crippen LogP contribution in [0.1, 0.15) is 0 Å². The smallest absolute Gasteiger partial charge is 0.135 e. The number of hydrogen-bond donors (Lipinski definition) is 3. The molecule has 5 aromatic rings. The number of fused-ring (bicyclic) bond motifs is 2. The lowest BCUT2D eigenvalue weighted by atomic mass is 10.2. The number of hydrogen-bond acceptors (Lipinski definition) is 4. The molecular formula is C16H11N7. The van der Waals surface area contributed by atoms with Gasteiger partial charge in [-0.1, -0.05) is 0 Å². The van der Waals surface area contributed by atoms with Gasteiger partial charge in [-0.05, 0) is 24.3 Å². The fraction of sp³-hybridized carbons (Fsp3) is 0. The van der Waals surface area contributed by atoms with Crippen molar-refractivity contribution in [1.82, 2.24) is 35.3 Å². The van der Waals surface area contributed by atoms with E-state index in [4.69, 9.17) is 4.98 Å². The first kappa shape index (κ1) is 12.1. The second-order valence-electron chi connectivity index (χ2n) is 5.30. The molecule has 23 heavy (non-hydrogen) atoms. The Hall–Kier alpha value is -3.48. The van der Waals surface area contributed by atoms with Crippen molar-refractivity contribution >= 4 is 21.9 Å². The van der Waals surface area contributed by atoms with Crippen LogP contribution < -0.4 is 0 Å². The van der Waals surface area contributed by atoms with Crippen LogP contribution in [0.5, 0.6) is 0 Å². The van der Waals surface area contributed by atoms with Gasteiger partial charge in [0.1, 0.15) is 11.2 Å². The minimum atomic E-state index is 0.793. The Bertz CT molecular complexity index is 1080. The number of nitrogens with zero attached hydrogens (tertiary/aromatic N) is 4. The lowest BCUT2D eigenvalue weighted by Gasteiger charge is -1.98. The highest BCUT2D eigenvalue weighted by Gasteiger charge is 2.13. The van der Waals surface area contributed by atoms with Crippen LogP contribution in [0.4, 0.5) is 0 Å². The highest BCUT2D eigenvalue weighted by atomic mass is 15.1. The second kappa shape index (κ2) is 4.51. The second-order valence-corrected chi connectivity index (χ2v) is 5.30. The molecule has 0 amide bonds. The van der Waals surface area contributed by atoms with Crippen LogP contribution in [0.3, 0.4) is 0 Å². The fourth-order valence-corrected chi connectivity index (χ4v) is 2.74. The van der Waals surface area contributed by atoms with Crippen molar-refractivity contribution < 1.29 is 0 Å². The van der Waals surface area contributed by atoms with E-state index < -0.39 is 0 Å². The number of H-pyrrole nitrogens is 3. The Labute approximate surface area is 129 Å². The molecule has 0 fully saturated rings. The number of rotatable bonds is 2. The molecule has 0 aliphatic carbocycles. The van der Waals surface area contributed by atoms with Crippen LogP contribution in [0.15, 0.2) is 49.1 Å². The van der Waals surface area contributed by atoms with Crippen LogP contribution in [0.25, 0.3) is 44.6 Å². The predicted molar refractivity (Wildman–Crippen MR) is 86.6 cm³/mol. The molecule has 0 radical (unpaired) electrons. The van der Waals surface area contributed by atoms with Gasteiger partial charge >= 0.3 is 0 Å². The first-order valence-electron chi connectivity index (χ1n) is 7.16. The normalized spacial score (nSPS) is 11.5. The van der Waals surface area contributed by atoms with Gasteiger partial charge in [0.2, 0.25) is 0 Å². The van der Waals surface area contributed by atoms with Crippen molar-refractivity contribution in [2.75, 3.05) is 0 Å². The summed E-state index contributed by atoms with van der Waals surface area (Å²) in [6.07, 6.45) is 7.15. The molecule has 0 aliphatic heterocycles. The molecule has 7 nitrogen and oxygen atoms in total. The van der Waals surface area contributed by atoms with E-state index in [2.05, 4.69) is 36.4 Å². The zero-order valence-electron chi connectivity index (χ0n) is 11.9. The van der Waals surface area contributed by atoms with Crippen LogP contribution in [0.2, 0.25) is 0 Å². The summed E-state index contributed by atoms with van der Waals surface area (Å²) in [6.45, 7) is 0. The Morgan fingerprint density at radius 1 is 1.00 bits per heavy atom. The van der Waals surface area contributed by atoms with Gasteiger partial charge in [-0.15, -0.1) is 0 Å². The van der Waals surface area contributed by atoms with E-state index in [-0.39, 0.29) is 0 Å². The Balaban J connectivity index is 1.73. The zero-order valence-corrected chi connectivity index (χ0v) is 11.9. The van der Waals surface area contributed by atoms with Crippen molar-refractivity contribution in [3.63, 3.8) is 0 Å². The Morgan fingerprint density at radius 2 is 2.00 bits per heavy atom. The summed E-state index contributed by atoms with van der Waals surface area (Å²) in [5.74, 6) is 0. The highest BCUT2D eigenvalue weighted by Crippen LogP contribution is 2.28. The third-order valence-electron chi connectivity index (χ3n) is 3.88. The van der Waals surface area contributed by atoms with E-state index in [9.17, 15) is 0 Å². The number of pyridine rings is 2. The summed E-state index contributed by atoms with van der Waals surface area (Å²) in [5, 5.41) is 15.3. The monoisotopic (exact) mass is 301 g/mol. The molecule has 5 heterocycles. The molecular weight excluding hydrogens is 290 g/mol. The molecule has 5 aromatic heterocycles. The summed E-state index contributed by atoms with van der Waals surface area (Å²) in [6, 6.07) is 7.95. The van der Waals surface area contributed by atoms with Gasteiger partial charge in [0.25, 0.3) is 0 Å². The standard InChI is InChI=1S/C16H11N7/c1-2-12-15(21-11(1)10-6-18-19-7-10)16(23-22-12)13-5-9-3-4-17-8-14(9)20-13/h1-8,20H,(H,18,19)(H,22,23). The summed E-state index contributed by atoms with van der Waals surface area (Å²) in [7, 11) is 0. The molecule has 0 aromatic carbocycles. The van der Waals surface area contributed by atoms with Crippen molar-refractivity contribution in [2.45, 2.75) is 0 Å². The molecule has 7 heteroatoms. The van der Waals surface area contributed by atoms with Crippen LogP contribution in [0, 0.1) is 0 Å². The summed E-state index contributed by atoms with van der Waals surface area (Å²) in [5.41, 5.74) is 6.20. The first-order valence-corrected chi connectivity index (χ1v) is 7.16. The summed E-state index contributed by atoms with van der Waals surface area (Å²) < 4.78 is 0. The summed E-state index contributed by atoms with van der Waals surface area (Å²) in [4.78, 5) is 12.2. The molecule has 0 aliphatic rings. The molecule has 110 valence electrons. The van der Waals surface area contributed by atoms with Gasteiger partial charge < -0.3 is 4.98 Å². The molecule has 0 unspecified atom stereocenters. The zero-order chi connectivity index (χ0) is 15.2. The maximum absolute atomic E-state index is 4.73. The lowest BCUT2D eigenvalue weighted by molar-refractivity contribution is 1.09. The van der Waals surface area contributed by atoms with Crippen LogP contribution in [-0.2, 0) is 0 Å². The minimum absolute atomic E-state index is 0.793. The molecule has 0 saturated heterocycles. The maximum atomic E-state index is 4.73. The van der Waals surface area contributed by atoms with E-state index in [0.29, 0.717) is 0 Å². The fourth-order valence-electron chi connectivity index (χ4n) is 2.74. The van der Waals surface area contributed by atoms with E-state index in [1.807, 2.05) is 24.4 Å². The van der Waals surface area contributed by atoms with Crippen molar-refractivity contribution in [3.05, 3.63) is 49.1 Å². The lowest BCUT2D eigenvalue weighted by Crippen LogP contribution is -1.84. The molecule has 0 saturated carbocycles. The quantitative estimate of drug-likeness (QED) is 0.467. The van der Waals surface area contributed by atoms with E-state index in [1.165, 1.54) is 0 Å². The number of aromatic nitrogens is 7. The number of nitrogens with one attached hydrogen (secondary N) is 3. The average molecular weight is 301 g/mol. The highest BCUT2D eigenvalue weighted by molar-refractivity contribution is 5.94.